The average Bonchev–Trinajstić information content (AvgIpc) is 3.19. The highest BCUT2D eigenvalue weighted by Gasteiger charge is 2.33. The van der Waals surface area contributed by atoms with Gasteiger partial charge in [0.2, 0.25) is 0 Å². The molecule has 1 aromatic heterocycles. The number of rotatable bonds is 7. The molecule has 0 amide bonds. The Morgan fingerprint density at radius 2 is 2.26 bits per heavy atom. The van der Waals surface area contributed by atoms with E-state index in [4.69, 9.17) is 15.2 Å². The van der Waals surface area contributed by atoms with Crippen LogP contribution in [0.1, 0.15) is 40.9 Å². The number of nitrogens with two attached hydrogens (primary N) is 1. The van der Waals surface area contributed by atoms with Gasteiger partial charge in [-0.25, -0.2) is 4.79 Å². The number of esters is 1. The maximum absolute atomic E-state index is 11.7. The van der Waals surface area contributed by atoms with Gasteiger partial charge in [-0.05, 0) is 25.7 Å². The normalized spacial score (nSPS) is 14.4. The number of carbonyl (C=O) groups excluding carboxylic acids is 1. The summed E-state index contributed by atoms with van der Waals surface area (Å²) in [5, 5.41) is 4.30. The van der Waals surface area contributed by atoms with E-state index in [9.17, 15) is 4.79 Å². The van der Waals surface area contributed by atoms with Gasteiger partial charge in [-0.3, -0.25) is 0 Å². The van der Waals surface area contributed by atoms with Crippen molar-refractivity contribution in [1.29, 1.82) is 0 Å². The molecule has 6 heteroatoms. The molecular formula is C13H20N2O3S. The predicted molar refractivity (Wildman–Crippen MR) is 77.0 cm³/mol. The van der Waals surface area contributed by atoms with Crippen molar-refractivity contribution in [1.82, 2.24) is 0 Å². The van der Waals surface area contributed by atoms with Crippen molar-refractivity contribution >= 4 is 28.0 Å². The van der Waals surface area contributed by atoms with Gasteiger partial charge in [-0.2, -0.15) is 0 Å². The third kappa shape index (κ3) is 3.19. The third-order valence-corrected chi connectivity index (χ3v) is 4.24. The van der Waals surface area contributed by atoms with Crippen LogP contribution >= 0.6 is 11.3 Å². The van der Waals surface area contributed by atoms with Crippen molar-refractivity contribution in [2.75, 3.05) is 37.9 Å². The molecule has 0 aliphatic heterocycles. The summed E-state index contributed by atoms with van der Waals surface area (Å²) in [5.74, 6) is 0.131. The molecule has 0 bridgehead atoms. The highest BCUT2D eigenvalue weighted by atomic mass is 32.1. The van der Waals surface area contributed by atoms with Crippen LogP contribution in [0.4, 0.5) is 10.7 Å². The third-order valence-electron chi connectivity index (χ3n) is 3.08. The second kappa shape index (κ2) is 6.25. The van der Waals surface area contributed by atoms with Gasteiger partial charge >= 0.3 is 5.97 Å². The van der Waals surface area contributed by atoms with Crippen molar-refractivity contribution in [2.45, 2.75) is 25.7 Å². The number of hydrogen-bond donors (Lipinski definition) is 2. The molecule has 1 fully saturated rings. The van der Waals surface area contributed by atoms with E-state index in [1.807, 2.05) is 6.92 Å². The van der Waals surface area contributed by atoms with Crippen LogP contribution in [0.25, 0.3) is 0 Å². The molecule has 1 saturated carbocycles. The summed E-state index contributed by atoms with van der Waals surface area (Å²) < 4.78 is 10.1. The lowest BCUT2D eigenvalue weighted by Gasteiger charge is -2.07. The zero-order chi connectivity index (χ0) is 13.8. The molecule has 0 atom stereocenters. The fourth-order valence-corrected chi connectivity index (χ4v) is 3.14. The SMILES string of the molecule is CCOCCNc1sc(C(=O)OC)c(N)c1C1CC1. The quantitative estimate of drug-likeness (QED) is 0.594. The number of ether oxygens (including phenoxy) is 2. The number of anilines is 2. The number of nitrogen functional groups attached to an aromatic ring is 1. The lowest BCUT2D eigenvalue weighted by molar-refractivity contribution is 0.0607. The van der Waals surface area contributed by atoms with Crippen molar-refractivity contribution in [3.8, 4) is 0 Å². The van der Waals surface area contributed by atoms with Gasteiger partial charge in [-0.15, -0.1) is 11.3 Å². The Balaban J connectivity index is 2.14. The van der Waals surface area contributed by atoms with E-state index in [0.717, 1.165) is 23.4 Å². The smallest absolute Gasteiger partial charge is 0.350 e. The van der Waals surface area contributed by atoms with Gasteiger partial charge in [-0.1, -0.05) is 0 Å². The molecule has 0 saturated heterocycles. The predicted octanol–water partition coefficient (Wildman–Crippen LogP) is 2.44. The van der Waals surface area contributed by atoms with Crippen LogP contribution in [0.15, 0.2) is 0 Å². The van der Waals surface area contributed by atoms with Crippen molar-refractivity contribution in [2.24, 2.45) is 0 Å². The van der Waals surface area contributed by atoms with E-state index < -0.39 is 0 Å². The Kier molecular flexibility index (Phi) is 4.66. The van der Waals surface area contributed by atoms with Crippen LogP contribution < -0.4 is 11.1 Å². The van der Waals surface area contributed by atoms with Gasteiger partial charge < -0.3 is 20.5 Å². The second-order valence-electron chi connectivity index (χ2n) is 4.48. The number of methoxy groups -OCH3 is 1. The van der Waals surface area contributed by atoms with E-state index in [0.29, 0.717) is 36.2 Å². The molecule has 0 spiro atoms. The van der Waals surface area contributed by atoms with E-state index >= 15 is 0 Å². The lowest BCUT2D eigenvalue weighted by Crippen LogP contribution is -2.09. The summed E-state index contributed by atoms with van der Waals surface area (Å²) in [7, 11) is 1.38. The topological polar surface area (TPSA) is 73.6 Å². The van der Waals surface area contributed by atoms with E-state index in [1.165, 1.54) is 18.4 Å². The van der Waals surface area contributed by atoms with Crippen LogP contribution in [-0.4, -0.2) is 32.8 Å². The first-order valence-corrected chi connectivity index (χ1v) is 7.32. The highest BCUT2D eigenvalue weighted by Crippen LogP contribution is 2.50. The molecule has 5 nitrogen and oxygen atoms in total. The summed E-state index contributed by atoms with van der Waals surface area (Å²) in [6.07, 6.45) is 2.28. The maximum Gasteiger partial charge on any atom is 0.350 e. The van der Waals surface area contributed by atoms with E-state index in [1.54, 1.807) is 0 Å². The first kappa shape index (κ1) is 14.1. The fraction of sp³-hybridized carbons (Fsp3) is 0.615. The van der Waals surface area contributed by atoms with Crippen LogP contribution in [0.2, 0.25) is 0 Å². The summed E-state index contributed by atoms with van der Waals surface area (Å²) in [4.78, 5) is 12.2. The first-order chi connectivity index (χ1) is 9.19. The number of hydrogen-bond acceptors (Lipinski definition) is 6. The van der Waals surface area contributed by atoms with Crippen LogP contribution in [0.3, 0.4) is 0 Å². The zero-order valence-electron chi connectivity index (χ0n) is 11.3. The number of thiophene rings is 1. The monoisotopic (exact) mass is 284 g/mol. The van der Waals surface area contributed by atoms with Crippen LogP contribution in [0, 0.1) is 0 Å². The molecule has 19 heavy (non-hydrogen) atoms. The minimum atomic E-state index is -0.359. The summed E-state index contributed by atoms with van der Waals surface area (Å²) in [5.41, 5.74) is 7.76. The minimum absolute atomic E-state index is 0.359. The molecule has 2 rings (SSSR count). The van der Waals surface area contributed by atoms with Crippen LogP contribution in [-0.2, 0) is 9.47 Å². The molecule has 1 heterocycles. The largest absolute Gasteiger partial charge is 0.465 e. The molecule has 1 aliphatic carbocycles. The van der Waals surface area contributed by atoms with Crippen molar-refractivity contribution in [3.63, 3.8) is 0 Å². The van der Waals surface area contributed by atoms with E-state index in [-0.39, 0.29) is 5.97 Å². The number of nitrogens with one attached hydrogen (secondary N) is 1. The highest BCUT2D eigenvalue weighted by molar-refractivity contribution is 7.18. The number of carbonyl (C=O) groups is 1. The van der Waals surface area contributed by atoms with Gasteiger partial charge in [0.15, 0.2) is 0 Å². The van der Waals surface area contributed by atoms with Gasteiger partial charge in [0.25, 0.3) is 0 Å². The molecule has 1 aromatic rings. The summed E-state index contributed by atoms with van der Waals surface area (Å²) in [6, 6.07) is 0. The Morgan fingerprint density at radius 3 is 2.84 bits per heavy atom. The molecule has 0 aromatic carbocycles. The molecule has 0 radical (unpaired) electrons. The second-order valence-corrected chi connectivity index (χ2v) is 5.50. The zero-order valence-corrected chi connectivity index (χ0v) is 12.1. The first-order valence-electron chi connectivity index (χ1n) is 6.51. The molecule has 3 N–H and O–H groups in total. The molecular weight excluding hydrogens is 264 g/mol. The van der Waals surface area contributed by atoms with Gasteiger partial charge in [0.05, 0.1) is 24.4 Å². The summed E-state index contributed by atoms with van der Waals surface area (Å²) >= 11 is 1.38. The minimum Gasteiger partial charge on any atom is -0.465 e. The Bertz CT molecular complexity index is 455. The van der Waals surface area contributed by atoms with Gasteiger partial charge in [0.1, 0.15) is 4.88 Å². The Labute approximate surface area is 117 Å². The van der Waals surface area contributed by atoms with Gasteiger partial charge in [0, 0.05) is 18.7 Å². The van der Waals surface area contributed by atoms with E-state index in [2.05, 4.69) is 5.32 Å². The Morgan fingerprint density at radius 1 is 1.53 bits per heavy atom. The molecule has 1 aliphatic rings. The molecule has 0 unspecified atom stereocenters. The molecule has 106 valence electrons. The van der Waals surface area contributed by atoms with Crippen LogP contribution in [0.5, 0.6) is 0 Å². The fourth-order valence-electron chi connectivity index (χ4n) is 1.99. The van der Waals surface area contributed by atoms with Crippen molar-refractivity contribution in [3.05, 3.63) is 10.4 Å². The standard InChI is InChI=1S/C13H20N2O3S/c1-3-18-7-6-15-12-9(8-4-5-8)10(14)11(19-12)13(16)17-2/h8,15H,3-7,14H2,1-2H3. The van der Waals surface area contributed by atoms with Crippen molar-refractivity contribution < 1.29 is 14.3 Å². The average molecular weight is 284 g/mol. The Hall–Kier alpha value is -1.27. The summed E-state index contributed by atoms with van der Waals surface area (Å²) in [6.45, 7) is 4.03. The lowest BCUT2D eigenvalue weighted by atomic mass is 10.1. The maximum atomic E-state index is 11.7.